The van der Waals surface area contributed by atoms with Crippen LogP contribution < -0.4 is 10.6 Å². The van der Waals surface area contributed by atoms with E-state index in [1.807, 2.05) is 48.5 Å². The van der Waals surface area contributed by atoms with Crippen LogP contribution in [0.3, 0.4) is 0 Å². The van der Waals surface area contributed by atoms with Crippen LogP contribution in [0.2, 0.25) is 0 Å². The number of benzene rings is 2. The first-order chi connectivity index (χ1) is 16.9. The van der Waals surface area contributed by atoms with Gasteiger partial charge in [0, 0.05) is 5.92 Å². The molecular weight excluding hydrogens is 472 g/mol. The third kappa shape index (κ3) is 4.22. The van der Waals surface area contributed by atoms with Gasteiger partial charge in [0.15, 0.2) is 0 Å². The topological polar surface area (TPSA) is 159 Å². The van der Waals surface area contributed by atoms with Gasteiger partial charge in [-0.05, 0) is 40.7 Å². The molecule has 2 heterocycles. The predicted molar refractivity (Wildman–Crippen MR) is 127 cm³/mol. The molecule has 5 rings (SSSR count). The number of amides is 2. The minimum Gasteiger partial charge on any atom is -0.478 e. The van der Waals surface area contributed by atoms with Crippen LogP contribution in [0.4, 0.5) is 15.7 Å². The molecule has 2 amide bonds. The zero-order chi connectivity index (χ0) is 24.5. The number of rotatable bonds is 6. The first-order valence-electron chi connectivity index (χ1n) is 10.5. The van der Waals surface area contributed by atoms with Gasteiger partial charge in [-0.1, -0.05) is 48.5 Å². The summed E-state index contributed by atoms with van der Waals surface area (Å²) in [5, 5.41) is 20.4. The van der Waals surface area contributed by atoms with Gasteiger partial charge in [-0.25, -0.2) is 9.59 Å². The van der Waals surface area contributed by atoms with E-state index in [9.17, 15) is 19.5 Å². The molecule has 35 heavy (non-hydrogen) atoms. The van der Waals surface area contributed by atoms with Crippen molar-refractivity contribution in [1.29, 1.82) is 0 Å². The summed E-state index contributed by atoms with van der Waals surface area (Å²) in [4.78, 5) is 40.1. The first kappa shape index (κ1) is 22.2. The molecule has 1 aliphatic rings. The number of carboxylic acid groups (broad SMARTS) is 1. The number of carbonyl (C=O) groups is 3. The number of H-pyrrole nitrogens is 1. The molecule has 11 nitrogen and oxygen atoms in total. The summed E-state index contributed by atoms with van der Waals surface area (Å²) in [5.41, 5.74) is 4.58. The van der Waals surface area contributed by atoms with Crippen molar-refractivity contribution in [1.82, 2.24) is 19.6 Å². The summed E-state index contributed by atoms with van der Waals surface area (Å²) in [7, 11) is 0. The number of nitrogens with one attached hydrogen (secondary N) is 3. The third-order valence-corrected chi connectivity index (χ3v) is 6.42. The summed E-state index contributed by atoms with van der Waals surface area (Å²) in [6, 6.07) is 16.0. The highest BCUT2D eigenvalue weighted by atomic mass is 32.1. The second-order valence-corrected chi connectivity index (χ2v) is 8.46. The van der Waals surface area contributed by atoms with Crippen LogP contribution in [-0.4, -0.2) is 49.2 Å². The molecule has 0 atom stereocenters. The molecule has 0 radical (unpaired) electrons. The van der Waals surface area contributed by atoms with Crippen molar-refractivity contribution >= 4 is 40.5 Å². The Labute approximate surface area is 202 Å². The van der Waals surface area contributed by atoms with Gasteiger partial charge in [-0.2, -0.15) is 9.36 Å². The van der Waals surface area contributed by atoms with Crippen molar-refractivity contribution in [3.05, 3.63) is 76.7 Å². The van der Waals surface area contributed by atoms with Crippen LogP contribution >= 0.6 is 11.5 Å². The van der Waals surface area contributed by atoms with Crippen LogP contribution in [0.15, 0.2) is 48.5 Å². The zero-order valence-electron chi connectivity index (χ0n) is 18.2. The second-order valence-electron chi connectivity index (χ2n) is 7.69. The molecule has 1 aliphatic carbocycles. The molecule has 176 valence electrons. The Kier molecular flexibility index (Phi) is 5.71. The van der Waals surface area contributed by atoms with E-state index in [0.717, 1.165) is 33.8 Å². The Hall–Kier alpha value is -4.58. The highest BCUT2D eigenvalue weighted by molar-refractivity contribution is 7.11. The maximum Gasteiger partial charge on any atom is 0.414 e. The van der Waals surface area contributed by atoms with Crippen LogP contribution in [-0.2, 0) is 4.74 Å². The minimum absolute atomic E-state index is 0.0717. The van der Waals surface area contributed by atoms with E-state index in [1.165, 1.54) is 6.92 Å². The van der Waals surface area contributed by atoms with Gasteiger partial charge >= 0.3 is 12.1 Å². The second kappa shape index (κ2) is 8.99. The number of aromatic amines is 1. The van der Waals surface area contributed by atoms with Gasteiger partial charge in [0.25, 0.3) is 11.9 Å². The van der Waals surface area contributed by atoms with E-state index in [1.54, 1.807) is 0 Å². The van der Waals surface area contributed by atoms with Crippen LogP contribution in [0.1, 0.15) is 43.7 Å². The Morgan fingerprint density at radius 1 is 1.06 bits per heavy atom. The molecule has 0 saturated heterocycles. The lowest BCUT2D eigenvalue weighted by molar-refractivity contribution is 0.0697. The Morgan fingerprint density at radius 3 is 2.37 bits per heavy atom. The van der Waals surface area contributed by atoms with Crippen molar-refractivity contribution in [2.24, 2.45) is 0 Å². The number of aryl methyl sites for hydroxylation is 1. The number of aromatic carboxylic acids is 1. The first-order valence-corrected chi connectivity index (χ1v) is 11.2. The van der Waals surface area contributed by atoms with Gasteiger partial charge in [-0.15, -0.1) is 5.10 Å². The summed E-state index contributed by atoms with van der Waals surface area (Å²) in [6.45, 7) is 1.64. The number of hydrogen-bond donors (Lipinski definition) is 4. The van der Waals surface area contributed by atoms with E-state index >= 15 is 0 Å². The van der Waals surface area contributed by atoms with Gasteiger partial charge in [0.1, 0.15) is 17.2 Å². The van der Waals surface area contributed by atoms with Gasteiger partial charge in [0.05, 0.1) is 5.69 Å². The lowest BCUT2D eigenvalue weighted by atomic mass is 9.98. The maximum absolute atomic E-state index is 12.4. The van der Waals surface area contributed by atoms with Crippen molar-refractivity contribution < 1.29 is 24.2 Å². The van der Waals surface area contributed by atoms with Crippen LogP contribution in [0, 0.1) is 6.92 Å². The number of ether oxygens (including phenoxy) is 1. The standard InChI is InChI=1S/C23H18N6O5S/c1-11-17(21(31)32)20(35-29-11)25-19(30)18-24-22(28-27-18)26-23(33)34-10-16-14-8-4-2-6-12(14)13-7-3-5-9-15(13)16/h2-9,16H,10H2,1H3,(H,25,30)(H,31,32)(H2,24,26,27,28,33). The SMILES string of the molecule is Cc1nsc(NC(=O)c2nc(NC(=O)OCC3c4ccccc4-c4ccccc43)n[nH]2)c1C(=O)O. The summed E-state index contributed by atoms with van der Waals surface area (Å²) < 4.78 is 9.37. The number of anilines is 2. The normalized spacial score (nSPS) is 12.0. The number of carbonyl (C=O) groups excluding carboxylic acids is 2. The summed E-state index contributed by atoms with van der Waals surface area (Å²) >= 11 is 0.839. The van der Waals surface area contributed by atoms with E-state index in [2.05, 4.69) is 30.2 Å². The van der Waals surface area contributed by atoms with E-state index in [-0.39, 0.29) is 40.6 Å². The van der Waals surface area contributed by atoms with Crippen molar-refractivity contribution in [3.8, 4) is 11.1 Å². The average Bonchev–Trinajstić information content (AvgIpc) is 3.54. The number of aromatic nitrogens is 4. The molecule has 2 aromatic heterocycles. The number of carboxylic acids is 1. The number of hydrogen-bond acceptors (Lipinski definition) is 8. The van der Waals surface area contributed by atoms with Gasteiger partial charge in [0.2, 0.25) is 5.82 Å². The third-order valence-electron chi connectivity index (χ3n) is 5.56. The molecule has 0 fully saturated rings. The quantitative estimate of drug-likeness (QED) is 0.317. The Morgan fingerprint density at radius 2 is 1.71 bits per heavy atom. The average molecular weight is 491 g/mol. The minimum atomic E-state index is -1.21. The summed E-state index contributed by atoms with van der Waals surface area (Å²) in [6.07, 6.45) is -0.774. The summed E-state index contributed by atoms with van der Waals surface area (Å²) in [5.74, 6) is -2.42. The molecule has 0 bridgehead atoms. The number of fused-ring (bicyclic) bond motifs is 3. The lowest BCUT2D eigenvalue weighted by Crippen LogP contribution is -2.19. The smallest absolute Gasteiger partial charge is 0.414 e. The molecular formula is C23H18N6O5S. The molecule has 4 aromatic rings. The highest BCUT2D eigenvalue weighted by Crippen LogP contribution is 2.44. The predicted octanol–water partition coefficient (Wildman–Crippen LogP) is 3.88. The Bertz CT molecular complexity index is 1420. The molecule has 12 heteroatoms. The highest BCUT2D eigenvalue weighted by Gasteiger charge is 2.29. The molecule has 0 aliphatic heterocycles. The van der Waals surface area contributed by atoms with E-state index in [0.29, 0.717) is 0 Å². The van der Waals surface area contributed by atoms with Crippen LogP contribution in [0.25, 0.3) is 11.1 Å². The molecule has 0 unspecified atom stereocenters. The van der Waals surface area contributed by atoms with E-state index in [4.69, 9.17) is 4.74 Å². The van der Waals surface area contributed by atoms with Crippen molar-refractivity contribution in [2.45, 2.75) is 12.8 Å². The van der Waals surface area contributed by atoms with Crippen molar-refractivity contribution in [2.75, 3.05) is 17.2 Å². The monoisotopic (exact) mass is 490 g/mol. The number of nitrogens with zero attached hydrogens (tertiary/aromatic N) is 3. The van der Waals surface area contributed by atoms with Crippen LogP contribution in [0.5, 0.6) is 0 Å². The van der Waals surface area contributed by atoms with Gasteiger partial charge < -0.3 is 15.2 Å². The fourth-order valence-corrected chi connectivity index (χ4v) is 4.80. The molecule has 2 aromatic carbocycles. The lowest BCUT2D eigenvalue weighted by Gasteiger charge is -2.13. The molecule has 4 N–H and O–H groups in total. The van der Waals surface area contributed by atoms with Crippen molar-refractivity contribution in [3.63, 3.8) is 0 Å². The molecule has 0 spiro atoms. The fourth-order valence-electron chi connectivity index (χ4n) is 4.01. The largest absolute Gasteiger partial charge is 0.478 e. The van der Waals surface area contributed by atoms with E-state index < -0.39 is 18.0 Å². The molecule has 0 saturated carbocycles. The maximum atomic E-state index is 12.4. The fraction of sp³-hybridized carbons (Fsp3) is 0.130. The zero-order valence-corrected chi connectivity index (χ0v) is 19.0. The Balaban J connectivity index is 1.22. The van der Waals surface area contributed by atoms with Gasteiger partial charge in [-0.3, -0.25) is 15.2 Å².